The molecule has 2 amide bonds. The van der Waals surface area contributed by atoms with Gasteiger partial charge < -0.3 is 19.9 Å². The van der Waals surface area contributed by atoms with E-state index in [2.05, 4.69) is 10.6 Å². The number of benzene rings is 2. The summed E-state index contributed by atoms with van der Waals surface area (Å²) in [6, 6.07) is 5.44. The van der Waals surface area contributed by atoms with Crippen molar-refractivity contribution in [1.29, 1.82) is 0 Å². The number of rotatable bonds is 3. The molecule has 0 aromatic heterocycles. The summed E-state index contributed by atoms with van der Waals surface area (Å²) in [5.74, 6) is -1.01. The van der Waals surface area contributed by atoms with Crippen LogP contribution in [0.25, 0.3) is 0 Å². The standard InChI is InChI=1S/C19H18BClF4N2O3.C2H6/c1-10-18(2,3)30-20(29-10)12-5-7-15(13(21)9-12)26-17(28)27-16-8-11(19(23,24)25)4-6-14(16)22;1-2/h4-10H,1-3H3,(H2,26,27,28);1-2H3. The average molecular weight is 475 g/mol. The molecule has 1 saturated heterocycles. The van der Waals surface area contributed by atoms with Crippen molar-refractivity contribution in [2.45, 2.75) is 52.5 Å². The molecule has 0 radical (unpaired) electrons. The third kappa shape index (κ3) is 6.14. The first-order valence-electron chi connectivity index (χ1n) is 9.94. The van der Waals surface area contributed by atoms with Crippen LogP contribution in [0.15, 0.2) is 36.4 Å². The van der Waals surface area contributed by atoms with E-state index in [1.807, 2.05) is 34.6 Å². The molecule has 3 rings (SSSR count). The van der Waals surface area contributed by atoms with Gasteiger partial charge in [-0.25, -0.2) is 9.18 Å². The smallest absolute Gasteiger partial charge is 0.402 e. The SMILES string of the molecule is CC.CC1OB(c2ccc(NC(=O)Nc3cc(C(F)(F)F)ccc3F)c(Cl)c2)OC1(C)C. The Morgan fingerprint density at radius 1 is 1.09 bits per heavy atom. The second-order valence-corrected chi connectivity index (χ2v) is 7.75. The van der Waals surface area contributed by atoms with Crippen LogP contribution in [0.4, 0.5) is 33.7 Å². The fourth-order valence-corrected chi connectivity index (χ4v) is 2.98. The predicted molar refractivity (Wildman–Crippen MR) is 118 cm³/mol. The van der Waals surface area contributed by atoms with E-state index in [-0.39, 0.29) is 16.8 Å². The number of urea groups is 1. The van der Waals surface area contributed by atoms with Gasteiger partial charge in [-0.2, -0.15) is 13.2 Å². The number of amides is 2. The fourth-order valence-electron chi connectivity index (χ4n) is 2.75. The van der Waals surface area contributed by atoms with E-state index in [0.717, 1.165) is 0 Å². The van der Waals surface area contributed by atoms with Crippen LogP contribution >= 0.6 is 11.6 Å². The normalized spacial score (nSPS) is 17.4. The number of carbonyl (C=O) groups excluding carboxylic acids is 1. The molecule has 1 aliphatic rings. The number of nitrogens with one attached hydrogen (secondary N) is 2. The summed E-state index contributed by atoms with van der Waals surface area (Å²) < 4.78 is 63.7. The Bertz CT molecular complexity index is 973. The predicted octanol–water partition coefficient (Wildman–Crippen LogP) is 6.08. The second kappa shape index (κ2) is 10.1. The van der Waals surface area contributed by atoms with Gasteiger partial charge in [0, 0.05) is 0 Å². The maximum absolute atomic E-state index is 13.8. The van der Waals surface area contributed by atoms with Gasteiger partial charge in [-0.15, -0.1) is 0 Å². The number of hydrogen-bond acceptors (Lipinski definition) is 3. The van der Waals surface area contributed by atoms with E-state index in [4.69, 9.17) is 20.9 Å². The van der Waals surface area contributed by atoms with Gasteiger partial charge in [-0.1, -0.05) is 31.5 Å². The fraction of sp³-hybridized carbons (Fsp3) is 0.381. The molecule has 2 aromatic rings. The zero-order valence-corrected chi connectivity index (χ0v) is 19.0. The van der Waals surface area contributed by atoms with E-state index in [1.54, 1.807) is 12.1 Å². The van der Waals surface area contributed by atoms with E-state index in [9.17, 15) is 22.4 Å². The van der Waals surface area contributed by atoms with Gasteiger partial charge in [0.15, 0.2) is 0 Å². The molecule has 174 valence electrons. The Morgan fingerprint density at radius 2 is 1.72 bits per heavy atom. The van der Waals surface area contributed by atoms with Crippen LogP contribution in [0.5, 0.6) is 0 Å². The minimum Gasteiger partial charge on any atom is -0.402 e. The lowest BCUT2D eigenvalue weighted by Crippen LogP contribution is -2.34. The maximum atomic E-state index is 13.8. The highest BCUT2D eigenvalue weighted by Crippen LogP contribution is 2.32. The zero-order valence-electron chi connectivity index (χ0n) is 18.2. The molecule has 1 fully saturated rings. The molecular formula is C21H24BClF4N2O3. The molecule has 0 saturated carbocycles. The van der Waals surface area contributed by atoms with Gasteiger partial charge in [0.05, 0.1) is 33.7 Å². The van der Waals surface area contributed by atoms with Crippen LogP contribution < -0.4 is 16.1 Å². The molecule has 11 heteroatoms. The average Bonchev–Trinajstić information content (AvgIpc) is 2.98. The number of alkyl halides is 3. The highest BCUT2D eigenvalue weighted by Gasteiger charge is 2.44. The first kappa shape index (κ1) is 26.0. The third-order valence-electron chi connectivity index (χ3n) is 4.77. The highest BCUT2D eigenvalue weighted by atomic mass is 35.5. The molecule has 2 N–H and O–H groups in total. The Balaban J connectivity index is 0.00000176. The zero-order chi connectivity index (χ0) is 24.3. The minimum atomic E-state index is -4.67. The number of anilines is 2. The van der Waals surface area contributed by atoms with Crippen molar-refractivity contribution < 1.29 is 31.7 Å². The summed E-state index contributed by atoms with van der Waals surface area (Å²) >= 11 is 6.20. The van der Waals surface area contributed by atoms with Crippen LogP contribution in [0.1, 0.15) is 40.2 Å². The van der Waals surface area contributed by atoms with Gasteiger partial charge in [-0.05, 0) is 56.6 Å². The van der Waals surface area contributed by atoms with Crippen molar-refractivity contribution in [3.63, 3.8) is 0 Å². The first-order chi connectivity index (χ1) is 14.9. The van der Waals surface area contributed by atoms with Crippen LogP contribution in [0.3, 0.4) is 0 Å². The summed E-state index contributed by atoms with van der Waals surface area (Å²) in [7, 11) is -0.630. The van der Waals surface area contributed by atoms with Crippen molar-refractivity contribution in [3.05, 3.63) is 52.8 Å². The monoisotopic (exact) mass is 474 g/mol. The topological polar surface area (TPSA) is 59.6 Å². The molecule has 32 heavy (non-hydrogen) atoms. The number of hydrogen-bond donors (Lipinski definition) is 2. The van der Waals surface area contributed by atoms with Gasteiger partial charge in [0.1, 0.15) is 5.82 Å². The number of halogens is 5. The summed E-state index contributed by atoms with van der Waals surface area (Å²) in [5.41, 5.74) is -1.37. The lowest BCUT2D eigenvalue weighted by Gasteiger charge is -2.21. The first-order valence-corrected chi connectivity index (χ1v) is 10.3. The highest BCUT2D eigenvalue weighted by molar-refractivity contribution is 6.62. The molecule has 5 nitrogen and oxygen atoms in total. The second-order valence-electron chi connectivity index (χ2n) is 7.34. The molecule has 0 bridgehead atoms. The van der Waals surface area contributed by atoms with Crippen molar-refractivity contribution in [2.24, 2.45) is 0 Å². The van der Waals surface area contributed by atoms with Crippen LogP contribution in [-0.2, 0) is 15.5 Å². The van der Waals surface area contributed by atoms with Crippen LogP contribution in [0, 0.1) is 5.82 Å². The van der Waals surface area contributed by atoms with E-state index < -0.39 is 42.0 Å². The Morgan fingerprint density at radius 3 is 2.25 bits per heavy atom. The third-order valence-corrected chi connectivity index (χ3v) is 5.09. The summed E-state index contributed by atoms with van der Waals surface area (Å²) in [5, 5.41) is 4.58. The minimum absolute atomic E-state index is 0.146. The molecule has 1 heterocycles. The van der Waals surface area contributed by atoms with Gasteiger partial charge in [0.2, 0.25) is 0 Å². The molecule has 1 atom stereocenters. The van der Waals surface area contributed by atoms with E-state index >= 15 is 0 Å². The van der Waals surface area contributed by atoms with Crippen molar-refractivity contribution in [1.82, 2.24) is 0 Å². The maximum Gasteiger partial charge on any atom is 0.494 e. The van der Waals surface area contributed by atoms with Crippen molar-refractivity contribution >= 4 is 41.6 Å². The van der Waals surface area contributed by atoms with Crippen LogP contribution in [0.2, 0.25) is 5.02 Å². The van der Waals surface area contributed by atoms with Crippen molar-refractivity contribution in [2.75, 3.05) is 10.6 Å². The molecule has 0 spiro atoms. The summed E-state index contributed by atoms with van der Waals surface area (Å²) in [4.78, 5) is 12.1. The Labute approximate surface area is 189 Å². The van der Waals surface area contributed by atoms with Crippen molar-refractivity contribution in [3.8, 4) is 0 Å². The largest absolute Gasteiger partial charge is 0.494 e. The molecular weight excluding hydrogens is 450 g/mol. The Kier molecular flexibility index (Phi) is 8.19. The van der Waals surface area contributed by atoms with Gasteiger partial charge >= 0.3 is 19.3 Å². The van der Waals surface area contributed by atoms with Crippen LogP contribution in [-0.4, -0.2) is 24.9 Å². The quantitative estimate of drug-likeness (QED) is 0.419. The van der Waals surface area contributed by atoms with E-state index in [1.165, 1.54) is 6.07 Å². The lowest BCUT2D eigenvalue weighted by molar-refractivity contribution is -0.137. The van der Waals surface area contributed by atoms with E-state index in [0.29, 0.717) is 23.7 Å². The lowest BCUT2D eigenvalue weighted by atomic mass is 9.79. The summed E-state index contributed by atoms with van der Waals surface area (Å²) in [6.07, 6.45) is -4.82. The van der Waals surface area contributed by atoms with Gasteiger partial charge in [-0.3, -0.25) is 0 Å². The summed E-state index contributed by atoms with van der Waals surface area (Å²) in [6.45, 7) is 9.67. The Hall–Kier alpha value is -2.30. The molecule has 1 aliphatic heterocycles. The molecule has 0 aliphatic carbocycles. The number of carbonyl (C=O) groups is 1. The van der Waals surface area contributed by atoms with Gasteiger partial charge in [0.25, 0.3) is 0 Å². The molecule has 1 unspecified atom stereocenters. The molecule has 2 aromatic carbocycles.